The number of carbonyl (C=O) groups is 1. The van der Waals surface area contributed by atoms with Crippen molar-refractivity contribution >= 4 is 11.6 Å². The van der Waals surface area contributed by atoms with Gasteiger partial charge in [0, 0.05) is 30.7 Å². The van der Waals surface area contributed by atoms with Crippen molar-refractivity contribution in [1.29, 1.82) is 0 Å². The fourth-order valence-corrected chi connectivity index (χ4v) is 4.18. The number of benzene rings is 1. The molecule has 2 aliphatic rings. The molecule has 0 spiro atoms. The van der Waals surface area contributed by atoms with Crippen LogP contribution < -0.4 is 5.32 Å². The number of anilines is 1. The lowest BCUT2D eigenvalue weighted by Crippen LogP contribution is -2.55. The highest BCUT2D eigenvalue weighted by Crippen LogP contribution is 2.37. The van der Waals surface area contributed by atoms with E-state index in [4.69, 9.17) is 0 Å². The van der Waals surface area contributed by atoms with Gasteiger partial charge in [0.05, 0.1) is 0 Å². The molecular weight excluding hydrogens is 334 g/mol. The van der Waals surface area contributed by atoms with E-state index in [1.54, 1.807) is 6.20 Å². The second-order valence-electron chi connectivity index (χ2n) is 8.16. The third kappa shape index (κ3) is 4.15. The van der Waals surface area contributed by atoms with Gasteiger partial charge in [-0.25, -0.2) is 0 Å². The summed E-state index contributed by atoms with van der Waals surface area (Å²) in [6.07, 6.45) is 11.2. The van der Waals surface area contributed by atoms with Crippen LogP contribution in [0.3, 0.4) is 0 Å². The Bertz CT molecular complexity index is 762. The summed E-state index contributed by atoms with van der Waals surface area (Å²) in [6.45, 7) is 2.75. The maximum atomic E-state index is 13.8. The highest BCUT2D eigenvalue weighted by molar-refractivity contribution is 5.90. The first-order valence-electron chi connectivity index (χ1n) is 10.2. The molecule has 1 heterocycles. The van der Waals surface area contributed by atoms with Crippen LogP contribution in [-0.4, -0.2) is 27.4 Å². The number of nitrogens with zero attached hydrogens (tertiary/aromatic N) is 2. The Balaban J connectivity index is 1.59. The molecule has 2 saturated carbocycles. The van der Waals surface area contributed by atoms with Crippen LogP contribution in [0.4, 0.5) is 5.69 Å². The maximum Gasteiger partial charge on any atom is 0.248 e. The predicted molar refractivity (Wildman–Crippen MR) is 108 cm³/mol. The first kappa shape index (κ1) is 18.0. The average molecular weight is 364 g/mol. The van der Waals surface area contributed by atoms with Crippen LogP contribution in [0.1, 0.15) is 56.1 Å². The van der Waals surface area contributed by atoms with Gasteiger partial charge in [0.25, 0.3) is 0 Å². The summed E-state index contributed by atoms with van der Waals surface area (Å²) in [6, 6.07) is 12.8. The molecule has 1 N–H and O–H groups in total. The average Bonchev–Trinajstić information content (AvgIpc) is 3.54. The number of hydrogen-bond donors (Lipinski definition) is 1. The van der Waals surface area contributed by atoms with E-state index < -0.39 is 5.54 Å². The van der Waals surface area contributed by atoms with Crippen LogP contribution >= 0.6 is 0 Å². The lowest BCUT2D eigenvalue weighted by atomic mass is 9.80. The summed E-state index contributed by atoms with van der Waals surface area (Å²) in [5.74, 6) is 0.272. The molecular formula is C23H29N3O. The molecule has 1 aromatic heterocycles. The van der Waals surface area contributed by atoms with Gasteiger partial charge in [-0.05, 0) is 56.4 Å². The van der Waals surface area contributed by atoms with E-state index in [0.717, 1.165) is 49.8 Å². The summed E-state index contributed by atoms with van der Waals surface area (Å²) < 4.78 is 0. The van der Waals surface area contributed by atoms with Gasteiger partial charge in [0.1, 0.15) is 5.54 Å². The quantitative estimate of drug-likeness (QED) is 0.809. The molecule has 1 aromatic carbocycles. The van der Waals surface area contributed by atoms with Crippen LogP contribution in [-0.2, 0) is 11.3 Å². The summed E-state index contributed by atoms with van der Waals surface area (Å²) in [7, 11) is 0. The Labute approximate surface area is 162 Å². The van der Waals surface area contributed by atoms with Crippen molar-refractivity contribution in [3.05, 3.63) is 59.9 Å². The van der Waals surface area contributed by atoms with E-state index in [0.29, 0.717) is 12.6 Å². The number of nitrogens with one attached hydrogen (secondary N) is 1. The fraction of sp³-hybridized carbons (Fsp3) is 0.478. The highest BCUT2D eigenvalue weighted by Gasteiger charge is 2.45. The molecule has 0 atom stereocenters. The third-order valence-corrected chi connectivity index (χ3v) is 5.88. The van der Waals surface area contributed by atoms with E-state index in [9.17, 15) is 4.79 Å². The van der Waals surface area contributed by atoms with Crippen molar-refractivity contribution in [3.8, 4) is 0 Å². The second kappa shape index (κ2) is 7.71. The van der Waals surface area contributed by atoms with Crippen LogP contribution in [0.2, 0.25) is 0 Å². The Kier molecular flexibility index (Phi) is 5.15. The van der Waals surface area contributed by atoms with Gasteiger partial charge in [-0.1, -0.05) is 43.0 Å². The van der Waals surface area contributed by atoms with Crippen molar-refractivity contribution < 1.29 is 4.79 Å². The number of rotatable bonds is 6. The third-order valence-electron chi connectivity index (χ3n) is 5.88. The number of aromatic nitrogens is 1. The minimum Gasteiger partial charge on any atom is -0.371 e. The molecule has 4 heteroatoms. The normalized spacial score (nSPS) is 18.7. The molecule has 0 bridgehead atoms. The summed E-state index contributed by atoms with van der Waals surface area (Å²) >= 11 is 0. The molecule has 4 rings (SSSR count). The predicted octanol–water partition coefficient (Wildman–Crippen LogP) is 4.70. The van der Waals surface area contributed by atoms with Gasteiger partial charge in [0.2, 0.25) is 5.91 Å². The van der Waals surface area contributed by atoms with Crippen molar-refractivity contribution in [2.24, 2.45) is 0 Å². The molecule has 1 amide bonds. The molecule has 0 unspecified atom stereocenters. The molecule has 142 valence electrons. The maximum absolute atomic E-state index is 13.8. The molecule has 0 saturated heterocycles. The lowest BCUT2D eigenvalue weighted by Gasteiger charge is -2.41. The Hall–Kier alpha value is -2.36. The molecule has 27 heavy (non-hydrogen) atoms. The van der Waals surface area contributed by atoms with Crippen LogP contribution in [0, 0.1) is 6.92 Å². The largest absolute Gasteiger partial charge is 0.371 e. The topological polar surface area (TPSA) is 45.2 Å². The van der Waals surface area contributed by atoms with E-state index in [2.05, 4.69) is 52.5 Å². The van der Waals surface area contributed by atoms with Gasteiger partial charge < -0.3 is 10.2 Å². The molecule has 2 aliphatic carbocycles. The SMILES string of the molecule is Cc1ccc(NC2(C(=O)N(Cc3cccnc3)C3CC3)CCCCC2)cc1. The van der Waals surface area contributed by atoms with Gasteiger partial charge in [-0.15, -0.1) is 0 Å². The second-order valence-corrected chi connectivity index (χ2v) is 8.16. The van der Waals surface area contributed by atoms with Gasteiger partial charge in [-0.3, -0.25) is 9.78 Å². The lowest BCUT2D eigenvalue weighted by molar-refractivity contribution is -0.138. The zero-order chi connectivity index (χ0) is 18.7. The number of carbonyl (C=O) groups excluding carboxylic acids is 1. The number of aryl methyl sites for hydroxylation is 1. The Morgan fingerprint density at radius 1 is 1.15 bits per heavy atom. The minimum atomic E-state index is -0.474. The van der Waals surface area contributed by atoms with Crippen LogP contribution in [0.25, 0.3) is 0 Å². The van der Waals surface area contributed by atoms with E-state index >= 15 is 0 Å². The van der Waals surface area contributed by atoms with Crippen LogP contribution in [0.5, 0.6) is 0 Å². The first-order valence-corrected chi connectivity index (χ1v) is 10.2. The Morgan fingerprint density at radius 2 is 1.89 bits per heavy atom. The van der Waals surface area contributed by atoms with E-state index in [-0.39, 0.29) is 5.91 Å². The minimum absolute atomic E-state index is 0.272. The van der Waals surface area contributed by atoms with Crippen LogP contribution in [0.15, 0.2) is 48.8 Å². The summed E-state index contributed by atoms with van der Waals surface area (Å²) in [5, 5.41) is 3.66. The molecule has 2 aromatic rings. The van der Waals surface area contributed by atoms with Gasteiger partial charge in [-0.2, -0.15) is 0 Å². The molecule has 2 fully saturated rings. The van der Waals surface area contributed by atoms with Crippen molar-refractivity contribution in [2.45, 2.75) is 70.0 Å². The van der Waals surface area contributed by atoms with Crippen molar-refractivity contribution in [1.82, 2.24) is 9.88 Å². The smallest absolute Gasteiger partial charge is 0.248 e. The monoisotopic (exact) mass is 363 g/mol. The van der Waals surface area contributed by atoms with E-state index in [1.165, 1.54) is 12.0 Å². The summed E-state index contributed by atoms with van der Waals surface area (Å²) in [4.78, 5) is 20.2. The number of hydrogen-bond acceptors (Lipinski definition) is 3. The number of pyridine rings is 1. The van der Waals surface area contributed by atoms with Crippen molar-refractivity contribution in [3.63, 3.8) is 0 Å². The van der Waals surface area contributed by atoms with Crippen molar-refractivity contribution in [2.75, 3.05) is 5.32 Å². The zero-order valence-electron chi connectivity index (χ0n) is 16.2. The van der Waals surface area contributed by atoms with Gasteiger partial charge >= 0.3 is 0 Å². The fourth-order valence-electron chi connectivity index (χ4n) is 4.18. The zero-order valence-corrected chi connectivity index (χ0v) is 16.2. The summed E-state index contributed by atoms with van der Waals surface area (Å²) in [5.41, 5.74) is 2.92. The molecule has 0 aliphatic heterocycles. The standard InChI is InChI=1S/C23H29N3O/c1-18-7-9-20(10-8-18)25-23(13-3-2-4-14-23)22(27)26(21-11-12-21)17-19-6-5-15-24-16-19/h5-10,15-16,21,25H,2-4,11-14,17H2,1H3. The molecule has 0 radical (unpaired) electrons. The number of amides is 1. The van der Waals surface area contributed by atoms with Gasteiger partial charge in [0.15, 0.2) is 0 Å². The first-order chi connectivity index (χ1) is 13.2. The highest BCUT2D eigenvalue weighted by atomic mass is 16.2. The Morgan fingerprint density at radius 3 is 2.52 bits per heavy atom. The molecule has 4 nitrogen and oxygen atoms in total. The van der Waals surface area contributed by atoms with E-state index in [1.807, 2.05) is 12.3 Å².